The van der Waals surface area contributed by atoms with Crippen LogP contribution < -0.4 is 26.6 Å². The molecule has 36 heavy (non-hydrogen) atoms. The van der Waals surface area contributed by atoms with Crippen LogP contribution in [0.2, 0.25) is 0 Å². The maximum atomic E-state index is 13.4. The molecule has 2 amide bonds. The highest BCUT2D eigenvalue weighted by atomic mass is 19.4. The molecule has 0 bridgehead atoms. The van der Waals surface area contributed by atoms with E-state index in [1.54, 1.807) is 12.1 Å². The van der Waals surface area contributed by atoms with E-state index in [0.29, 0.717) is 18.4 Å². The van der Waals surface area contributed by atoms with E-state index in [1.165, 1.54) is 36.9 Å². The third-order valence-corrected chi connectivity index (χ3v) is 5.49. The standard InChI is InChI=1S/C23H21F3N6O4/c24-23(25,26)18-9-17(36-28)5-6-19(18)35-16-3-1-14(2-4-16)12-32(27)21(34)22(7-8-22)31-20(33)15-10-29-13-30-11-15/h1-6,9-11,13H,7-8,12,27-28H2,(H,31,33). The Morgan fingerprint density at radius 1 is 1.06 bits per heavy atom. The molecule has 0 aliphatic heterocycles. The lowest BCUT2D eigenvalue weighted by molar-refractivity contribution is -0.138. The van der Waals surface area contributed by atoms with E-state index < -0.39 is 34.8 Å². The smallest absolute Gasteiger partial charge is 0.420 e. The summed E-state index contributed by atoms with van der Waals surface area (Å²) in [6, 6.07) is 9.10. The van der Waals surface area contributed by atoms with Crippen LogP contribution in [0.15, 0.2) is 61.2 Å². The van der Waals surface area contributed by atoms with Gasteiger partial charge in [0.2, 0.25) is 0 Å². The van der Waals surface area contributed by atoms with Crippen molar-refractivity contribution in [3.63, 3.8) is 0 Å². The molecular weight excluding hydrogens is 481 g/mol. The lowest BCUT2D eigenvalue weighted by Crippen LogP contribution is -2.52. The predicted molar refractivity (Wildman–Crippen MR) is 119 cm³/mol. The molecule has 1 aliphatic rings. The molecule has 1 fully saturated rings. The SMILES string of the molecule is NOc1ccc(Oc2ccc(CN(N)C(=O)C3(NC(=O)c4cncnc4)CC3)cc2)c(C(F)(F)F)c1. The predicted octanol–water partition coefficient (Wildman–Crippen LogP) is 2.71. The second-order valence-electron chi connectivity index (χ2n) is 8.12. The number of hydrogen-bond acceptors (Lipinski definition) is 8. The van der Waals surface area contributed by atoms with Gasteiger partial charge in [0.1, 0.15) is 34.7 Å². The average molecular weight is 502 g/mol. The summed E-state index contributed by atoms with van der Waals surface area (Å²) in [4.78, 5) is 37.2. The summed E-state index contributed by atoms with van der Waals surface area (Å²) in [7, 11) is 0. The molecule has 0 unspecified atom stereocenters. The topological polar surface area (TPSA) is 146 Å². The van der Waals surface area contributed by atoms with E-state index in [4.69, 9.17) is 16.5 Å². The van der Waals surface area contributed by atoms with E-state index >= 15 is 0 Å². The van der Waals surface area contributed by atoms with Gasteiger partial charge in [0.15, 0.2) is 0 Å². The number of ether oxygens (including phenoxy) is 1. The molecule has 1 aromatic heterocycles. The van der Waals surface area contributed by atoms with Crippen LogP contribution in [0.5, 0.6) is 17.2 Å². The number of nitrogens with two attached hydrogens (primary N) is 2. The highest BCUT2D eigenvalue weighted by Crippen LogP contribution is 2.40. The third-order valence-electron chi connectivity index (χ3n) is 5.49. The van der Waals surface area contributed by atoms with Gasteiger partial charge in [0.05, 0.1) is 12.1 Å². The highest BCUT2D eigenvalue weighted by Gasteiger charge is 2.53. The first-order chi connectivity index (χ1) is 17.1. The fourth-order valence-corrected chi connectivity index (χ4v) is 3.45. The van der Waals surface area contributed by atoms with Crippen LogP contribution in [-0.4, -0.2) is 32.3 Å². The zero-order valence-electron chi connectivity index (χ0n) is 18.7. The van der Waals surface area contributed by atoms with Crippen molar-refractivity contribution in [3.05, 3.63) is 77.9 Å². The van der Waals surface area contributed by atoms with Crippen LogP contribution in [0, 0.1) is 0 Å². The van der Waals surface area contributed by atoms with E-state index in [1.807, 2.05) is 0 Å². The number of aromatic nitrogens is 2. The van der Waals surface area contributed by atoms with Crippen LogP contribution in [0.3, 0.4) is 0 Å². The summed E-state index contributed by atoms with van der Waals surface area (Å²) >= 11 is 0. The van der Waals surface area contributed by atoms with Crippen molar-refractivity contribution < 1.29 is 32.3 Å². The quantitative estimate of drug-likeness (QED) is 0.242. The zero-order chi connectivity index (χ0) is 25.9. The number of nitrogens with one attached hydrogen (secondary N) is 1. The Labute approximate surface area is 202 Å². The molecule has 5 N–H and O–H groups in total. The number of carbonyl (C=O) groups is 2. The molecule has 0 spiro atoms. The number of amides is 2. The first-order valence-electron chi connectivity index (χ1n) is 10.6. The summed E-state index contributed by atoms with van der Waals surface area (Å²) in [5.41, 5.74) is -1.33. The van der Waals surface area contributed by atoms with Crippen molar-refractivity contribution in [2.45, 2.75) is 31.1 Å². The average Bonchev–Trinajstić information content (AvgIpc) is 3.65. The molecule has 1 saturated carbocycles. The van der Waals surface area contributed by atoms with Gasteiger partial charge < -0.3 is 14.9 Å². The summed E-state index contributed by atoms with van der Waals surface area (Å²) in [5, 5.41) is 3.68. The molecule has 10 nitrogen and oxygen atoms in total. The number of carbonyl (C=O) groups excluding carboxylic acids is 2. The number of benzene rings is 2. The van der Waals surface area contributed by atoms with Crippen molar-refractivity contribution in [1.82, 2.24) is 20.3 Å². The minimum atomic E-state index is -4.69. The molecule has 1 heterocycles. The minimum absolute atomic E-state index is 0.00151. The highest BCUT2D eigenvalue weighted by molar-refractivity contribution is 6.00. The van der Waals surface area contributed by atoms with Gasteiger partial charge >= 0.3 is 6.18 Å². The lowest BCUT2D eigenvalue weighted by Gasteiger charge is -2.24. The van der Waals surface area contributed by atoms with Gasteiger partial charge in [-0.3, -0.25) is 14.6 Å². The first kappa shape index (κ1) is 24.9. The Balaban J connectivity index is 1.40. The molecule has 2 aromatic carbocycles. The molecule has 3 aromatic rings. The summed E-state index contributed by atoms with van der Waals surface area (Å²) in [6.07, 6.45) is 0.137. The number of hydrazine groups is 1. The van der Waals surface area contributed by atoms with Crippen LogP contribution in [-0.2, 0) is 17.5 Å². The second kappa shape index (κ2) is 9.79. The summed E-state index contributed by atoms with van der Waals surface area (Å²) in [5.74, 6) is 9.51. The fourth-order valence-electron chi connectivity index (χ4n) is 3.45. The van der Waals surface area contributed by atoms with Gasteiger partial charge in [-0.1, -0.05) is 12.1 Å². The van der Waals surface area contributed by atoms with Crippen molar-refractivity contribution in [3.8, 4) is 17.2 Å². The van der Waals surface area contributed by atoms with Crippen LogP contribution >= 0.6 is 0 Å². The van der Waals surface area contributed by atoms with Crippen molar-refractivity contribution in [2.24, 2.45) is 11.7 Å². The van der Waals surface area contributed by atoms with Crippen molar-refractivity contribution >= 4 is 11.8 Å². The molecule has 0 atom stereocenters. The molecule has 13 heteroatoms. The Morgan fingerprint density at radius 2 is 1.69 bits per heavy atom. The van der Waals surface area contributed by atoms with Gasteiger partial charge in [0, 0.05) is 12.4 Å². The number of halogens is 3. The largest absolute Gasteiger partial charge is 0.457 e. The lowest BCUT2D eigenvalue weighted by atomic mass is 10.1. The molecule has 0 saturated heterocycles. The Hall–Kier alpha value is -4.23. The maximum Gasteiger partial charge on any atom is 0.420 e. The van der Waals surface area contributed by atoms with Crippen LogP contribution in [0.25, 0.3) is 0 Å². The van der Waals surface area contributed by atoms with Gasteiger partial charge in [-0.2, -0.15) is 19.1 Å². The number of rotatable bonds is 8. The monoisotopic (exact) mass is 502 g/mol. The Bertz CT molecular complexity index is 1250. The van der Waals surface area contributed by atoms with Gasteiger partial charge in [-0.05, 0) is 48.7 Å². The number of alkyl halides is 3. The number of hydrogen-bond donors (Lipinski definition) is 3. The van der Waals surface area contributed by atoms with Crippen molar-refractivity contribution in [2.75, 3.05) is 0 Å². The van der Waals surface area contributed by atoms with E-state index in [9.17, 15) is 22.8 Å². The van der Waals surface area contributed by atoms with Crippen LogP contribution in [0.1, 0.15) is 34.3 Å². The maximum absolute atomic E-state index is 13.4. The summed E-state index contributed by atoms with van der Waals surface area (Å²) < 4.78 is 45.5. The molecule has 0 radical (unpaired) electrons. The van der Waals surface area contributed by atoms with E-state index in [0.717, 1.165) is 17.1 Å². The molecule has 1 aliphatic carbocycles. The number of nitrogens with zero attached hydrogens (tertiary/aromatic N) is 3. The molecular formula is C23H21F3N6O4. The molecule has 4 rings (SSSR count). The summed E-state index contributed by atoms with van der Waals surface area (Å²) in [6.45, 7) is 0.00151. The minimum Gasteiger partial charge on any atom is -0.457 e. The van der Waals surface area contributed by atoms with Crippen LogP contribution in [0.4, 0.5) is 13.2 Å². The Kier molecular flexibility index (Phi) is 6.77. The van der Waals surface area contributed by atoms with Gasteiger partial charge in [0.25, 0.3) is 11.8 Å². The fraction of sp³-hybridized carbons (Fsp3) is 0.217. The van der Waals surface area contributed by atoms with Gasteiger partial charge in [-0.15, -0.1) is 0 Å². The van der Waals surface area contributed by atoms with E-state index in [2.05, 4.69) is 20.1 Å². The van der Waals surface area contributed by atoms with Gasteiger partial charge in [-0.25, -0.2) is 15.8 Å². The van der Waals surface area contributed by atoms with E-state index in [-0.39, 0.29) is 23.6 Å². The first-order valence-corrected chi connectivity index (χ1v) is 10.6. The Morgan fingerprint density at radius 3 is 2.28 bits per heavy atom. The third kappa shape index (κ3) is 5.53. The second-order valence-corrected chi connectivity index (χ2v) is 8.12. The van der Waals surface area contributed by atoms with Crippen molar-refractivity contribution in [1.29, 1.82) is 0 Å². The molecule has 188 valence electrons. The zero-order valence-corrected chi connectivity index (χ0v) is 18.7. The normalized spacial score (nSPS) is 14.0.